The number of aromatic nitrogens is 2. The van der Waals surface area contributed by atoms with Crippen molar-refractivity contribution < 1.29 is 8.95 Å². The molecule has 6 heteroatoms. The van der Waals surface area contributed by atoms with Crippen molar-refractivity contribution >= 4 is 34.1 Å². The number of hydrogen-bond donors (Lipinski definition) is 1. The molecule has 1 aromatic heterocycles. The number of para-hydroxylation sites is 1. The van der Waals surface area contributed by atoms with Crippen LogP contribution in [-0.2, 0) is 10.8 Å². The molecule has 0 aliphatic heterocycles. The normalized spacial score (nSPS) is 14.3. The van der Waals surface area contributed by atoms with Gasteiger partial charge in [0.15, 0.2) is 4.77 Å². The molecule has 2 rings (SSSR count). The highest BCUT2D eigenvalue weighted by molar-refractivity contribution is 7.84. The number of aromatic amines is 1. The molecule has 2 aromatic rings. The number of H-pyrrole nitrogens is 1. The highest BCUT2D eigenvalue weighted by Crippen LogP contribution is 2.27. The summed E-state index contributed by atoms with van der Waals surface area (Å²) in [4.78, 5) is 3.21. The van der Waals surface area contributed by atoms with Gasteiger partial charge in [0.05, 0.1) is 12.1 Å². The van der Waals surface area contributed by atoms with Crippen LogP contribution >= 0.6 is 12.2 Å². The zero-order valence-electron chi connectivity index (χ0n) is 12.0. The van der Waals surface area contributed by atoms with Crippen molar-refractivity contribution in [1.82, 2.24) is 9.55 Å². The molecule has 0 amide bonds. The van der Waals surface area contributed by atoms with Gasteiger partial charge in [0.1, 0.15) is 11.3 Å². The van der Waals surface area contributed by atoms with Crippen LogP contribution in [0.25, 0.3) is 11.0 Å². The highest BCUT2D eigenvalue weighted by atomic mass is 32.2. The molecule has 110 valence electrons. The third-order valence-electron chi connectivity index (χ3n) is 3.09. The van der Waals surface area contributed by atoms with E-state index >= 15 is 0 Å². The van der Waals surface area contributed by atoms with E-state index in [0.717, 1.165) is 23.2 Å². The number of rotatable bonds is 6. The zero-order valence-corrected chi connectivity index (χ0v) is 13.6. The maximum absolute atomic E-state index is 11.4. The number of imidazole rings is 1. The van der Waals surface area contributed by atoms with Gasteiger partial charge < -0.3 is 14.3 Å². The predicted octanol–water partition coefficient (Wildman–Crippen LogP) is 3.43. The smallest absolute Gasteiger partial charge is 0.178 e. The molecular weight excluding hydrogens is 292 g/mol. The van der Waals surface area contributed by atoms with Gasteiger partial charge in [0.2, 0.25) is 0 Å². The lowest BCUT2D eigenvalue weighted by Gasteiger charge is -2.13. The summed E-state index contributed by atoms with van der Waals surface area (Å²) in [6, 6.07) is 6.00. The molecule has 2 atom stereocenters. The number of nitrogens with one attached hydrogen (secondary N) is 1. The van der Waals surface area contributed by atoms with Crippen LogP contribution in [0.3, 0.4) is 0 Å². The summed E-state index contributed by atoms with van der Waals surface area (Å²) >= 11 is 5.41. The molecule has 2 unspecified atom stereocenters. The number of hydrogen-bond acceptors (Lipinski definition) is 3. The van der Waals surface area contributed by atoms with E-state index < -0.39 is 10.8 Å². The van der Waals surface area contributed by atoms with Crippen molar-refractivity contribution in [3.63, 3.8) is 0 Å². The van der Waals surface area contributed by atoms with E-state index in [-0.39, 0.29) is 6.04 Å². The molecule has 0 fully saturated rings. The molecule has 1 N–H and O–H groups in total. The molecule has 1 aromatic carbocycles. The molecular formula is C14H20N2O2S2. The Morgan fingerprint density at radius 1 is 1.50 bits per heavy atom. The fourth-order valence-corrected chi connectivity index (χ4v) is 3.52. The fraction of sp³-hybridized carbons (Fsp3) is 0.500. The second kappa shape index (κ2) is 6.54. The van der Waals surface area contributed by atoms with Crippen molar-refractivity contribution in [3.05, 3.63) is 23.0 Å². The van der Waals surface area contributed by atoms with Crippen LogP contribution < -0.4 is 4.74 Å². The summed E-state index contributed by atoms with van der Waals surface area (Å²) in [5.74, 6) is 1.40. The summed E-state index contributed by atoms with van der Waals surface area (Å²) in [6.07, 6.45) is 2.67. The van der Waals surface area contributed by atoms with Crippen LogP contribution in [0.5, 0.6) is 5.75 Å². The summed E-state index contributed by atoms with van der Waals surface area (Å²) in [6.45, 7) is 4.79. The third-order valence-corrected chi connectivity index (χ3v) is 4.34. The Hall–Kier alpha value is -1.14. The van der Waals surface area contributed by atoms with Gasteiger partial charge in [-0.2, -0.15) is 0 Å². The minimum atomic E-state index is -0.854. The number of benzene rings is 1. The standard InChI is InChI=1S/C14H20N2O2S2/c1-4-8-18-12-7-5-6-11-13(12)15-14(19)16(11)10(2)9-20(3)17/h5-7,10H,4,8-9H2,1-3H3,(H,15,19). The first-order valence-corrected chi connectivity index (χ1v) is 8.84. The summed E-state index contributed by atoms with van der Waals surface area (Å²) < 4.78 is 19.8. The number of nitrogens with zero attached hydrogens (tertiary/aromatic N) is 1. The molecule has 0 aliphatic rings. The second-order valence-electron chi connectivity index (χ2n) is 4.89. The van der Waals surface area contributed by atoms with Gasteiger partial charge in [-0.05, 0) is 37.7 Å². The van der Waals surface area contributed by atoms with E-state index in [9.17, 15) is 4.21 Å². The average molecular weight is 312 g/mol. The Labute approximate surface area is 126 Å². The van der Waals surface area contributed by atoms with Crippen molar-refractivity contribution in [3.8, 4) is 5.75 Å². The van der Waals surface area contributed by atoms with Crippen LogP contribution in [0.15, 0.2) is 18.2 Å². The molecule has 0 radical (unpaired) electrons. The Bertz CT molecular complexity index is 675. The van der Waals surface area contributed by atoms with Crippen LogP contribution in [-0.4, -0.2) is 32.4 Å². The summed E-state index contributed by atoms with van der Waals surface area (Å²) in [5, 5.41) is 0. The maximum Gasteiger partial charge on any atom is 0.178 e. The average Bonchev–Trinajstić information content (AvgIpc) is 2.72. The second-order valence-corrected chi connectivity index (χ2v) is 6.75. The minimum absolute atomic E-state index is 0.0866. The number of fused-ring (bicyclic) bond motifs is 1. The maximum atomic E-state index is 11.4. The monoisotopic (exact) mass is 312 g/mol. The van der Waals surface area contributed by atoms with Crippen LogP contribution in [0, 0.1) is 4.77 Å². The van der Waals surface area contributed by atoms with Crippen LogP contribution in [0.4, 0.5) is 0 Å². The fourth-order valence-electron chi connectivity index (χ4n) is 2.31. The van der Waals surface area contributed by atoms with E-state index in [1.807, 2.05) is 29.7 Å². The van der Waals surface area contributed by atoms with Gasteiger partial charge in [-0.25, -0.2) is 0 Å². The number of ether oxygens (including phenoxy) is 1. The van der Waals surface area contributed by atoms with E-state index in [0.29, 0.717) is 17.1 Å². The van der Waals surface area contributed by atoms with Crippen molar-refractivity contribution in [2.75, 3.05) is 18.6 Å². The Balaban J connectivity index is 2.49. The molecule has 1 heterocycles. The SMILES string of the molecule is CCCOc1cccc2c1[nH]c(=S)n2C(C)CS(C)=O. The van der Waals surface area contributed by atoms with Gasteiger partial charge in [0.25, 0.3) is 0 Å². The molecule has 0 spiro atoms. The minimum Gasteiger partial charge on any atom is -0.491 e. The zero-order chi connectivity index (χ0) is 14.7. The van der Waals surface area contributed by atoms with E-state index in [1.54, 1.807) is 6.26 Å². The van der Waals surface area contributed by atoms with E-state index in [1.165, 1.54) is 0 Å². The van der Waals surface area contributed by atoms with Crippen molar-refractivity contribution in [2.45, 2.75) is 26.3 Å². The lowest BCUT2D eigenvalue weighted by atomic mass is 10.2. The van der Waals surface area contributed by atoms with Crippen LogP contribution in [0.2, 0.25) is 0 Å². The van der Waals surface area contributed by atoms with Gasteiger partial charge in [0, 0.05) is 28.9 Å². The first-order chi connectivity index (χ1) is 9.54. The molecule has 0 aliphatic carbocycles. The van der Waals surface area contributed by atoms with E-state index in [4.69, 9.17) is 17.0 Å². The molecule has 0 saturated carbocycles. The van der Waals surface area contributed by atoms with Crippen molar-refractivity contribution in [2.24, 2.45) is 0 Å². The van der Waals surface area contributed by atoms with E-state index in [2.05, 4.69) is 11.9 Å². The van der Waals surface area contributed by atoms with Gasteiger partial charge in [-0.3, -0.25) is 4.21 Å². The van der Waals surface area contributed by atoms with Gasteiger partial charge in [-0.1, -0.05) is 13.0 Å². The van der Waals surface area contributed by atoms with Gasteiger partial charge in [-0.15, -0.1) is 0 Å². The molecule has 4 nitrogen and oxygen atoms in total. The molecule has 0 saturated heterocycles. The first-order valence-electron chi connectivity index (χ1n) is 6.70. The van der Waals surface area contributed by atoms with Crippen molar-refractivity contribution in [1.29, 1.82) is 0 Å². The molecule has 20 heavy (non-hydrogen) atoms. The topological polar surface area (TPSA) is 47.0 Å². The lowest BCUT2D eigenvalue weighted by Crippen LogP contribution is -2.12. The third kappa shape index (κ3) is 3.12. The predicted molar refractivity (Wildman–Crippen MR) is 86.6 cm³/mol. The Kier molecular flexibility index (Phi) is 4.99. The highest BCUT2D eigenvalue weighted by Gasteiger charge is 2.14. The summed E-state index contributed by atoms with van der Waals surface area (Å²) in [5.41, 5.74) is 1.92. The molecule has 0 bridgehead atoms. The summed E-state index contributed by atoms with van der Waals surface area (Å²) in [7, 11) is -0.854. The quantitative estimate of drug-likeness (QED) is 0.831. The van der Waals surface area contributed by atoms with Crippen LogP contribution in [0.1, 0.15) is 26.3 Å². The Morgan fingerprint density at radius 3 is 2.90 bits per heavy atom. The van der Waals surface area contributed by atoms with Gasteiger partial charge >= 0.3 is 0 Å². The Morgan fingerprint density at radius 2 is 2.25 bits per heavy atom. The first kappa shape index (κ1) is 15.3. The largest absolute Gasteiger partial charge is 0.491 e. The lowest BCUT2D eigenvalue weighted by molar-refractivity contribution is 0.320.